The van der Waals surface area contributed by atoms with Crippen molar-refractivity contribution in [2.24, 2.45) is 5.92 Å². The maximum atomic E-state index is 5.94. The predicted molar refractivity (Wildman–Crippen MR) is 108 cm³/mol. The molecule has 0 amide bonds. The lowest BCUT2D eigenvalue weighted by molar-refractivity contribution is 0.249. The van der Waals surface area contributed by atoms with Crippen molar-refractivity contribution in [3.05, 3.63) is 47.8 Å². The predicted octanol–water partition coefficient (Wildman–Crippen LogP) is 3.86. The van der Waals surface area contributed by atoms with Gasteiger partial charge in [-0.25, -0.2) is 14.5 Å². The highest BCUT2D eigenvalue weighted by molar-refractivity contribution is 7.22. The minimum Gasteiger partial charge on any atom is -0.476 e. The summed E-state index contributed by atoms with van der Waals surface area (Å²) in [5.41, 5.74) is 4.52. The molecule has 1 aliphatic heterocycles. The van der Waals surface area contributed by atoms with Crippen molar-refractivity contribution in [2.45, 2.75) is 20.3 Å². The van der Waals surface area contributed by atoms with Crippen molar-refractivity contribution < 1.29 is 4.74 Å². The highest BCUT2D eigenvalue weighted by atomic mass is 32.1. The molecule has 4 aromatic rings. The van der Waals surface area contributed by atoms with Gasteiger partial charge >= 0.3 is 0 Å². The third kappa shape index (κ3) is 3.12. The first-order valence-corrected chi connectivity index (χ1v) is 10.0. The molecule has 1 atom stereocenters. The van der Waals surface area contributed by atoms with Gasteiger partial charge in [-0.15, -0.1) is 5.10 Å². The minimum atomic E-state index is 0.486. The second-order valence-electron chi connectivity index (χ2n) is 7.24. The summed E-state index contributed by atoms with van der Waals surface area (Å²) < 4.78 is 8.96. The largest absolute Gasteiger partial charge is 0.476 e. The van der Waals surface area contributed by atoms with Crippen LogP contribution in [0.15, 0.2) is 36.7 Å². The molecule has 0 spiro atoms. The molecule has 1 fully saturated rings. The summed E-state index contributed by atoms with van der Waals surface area (Å²) in [6.07, 6.45) is 4.68. The number of rotatable bonds is 4. The zero-order valence-electron chi connectivity index (χ0n) is 15.4. The van der Waals surface area contributed by atoms with Crippen molar-refractivity contribution in [2.75, 3.05) is 24.6 Å². The van der Waals surface area contributed by atoms with Crippen molar-refractivity contribution >= 4 is 32.3 Å². The van der Waals surface area contributed by atoms with E-state index in [1.54, 1.807) is 22.0 Å². The first-order valence-electron chi connectivity index (χ1n) is 9.22. The SMILES string of the molecule is Cc1cc(C)c2nc(N3CCC(COc4ccc5nccn5n4)C3)sc2c1. The van der Waals surface area contributed by atoms with Crippen molar-refractivity contribution in [1.29, 1.82) is 0 Å². The number of anilines is 1. The van der Waals surface area contributed by atoms with Gasteiger partial charge in [-0.3, -0.25) is 0 Å². The number of aromatic nitrogens is 4. The zero-order valence-corrected chi connectivity index (χ0v) is 16.2. The van der Waals surface area contributed by atoms with Crippen molar-refractivity contribution in [3.8, 4) is 5.88 Å². The lowest BCUT2D eigenvalue weighted by Crippen LogP contribution is -2.21. The number of nitrogens with zero attached hydrogens (tertiary/aromatic N) is 5. The van der Waals surface area contributed by atoms with Crippen LogP contribution in [-0.2, 0) is 0 Å². The summed E-state index contributed by atoms with van der Waals surface area (Å²) in [6.45, 7) is 6.96. The van der Waals surface area contributed by atoms with E-state index in [0.29, 0.717) is 18.4 Å². The van der Waals surface area contributed by atoms with Gasteiger partial charge in [-0.05, 0) is 43.5 Å². The van der Waals surface area contributed by atoms with Gasteiger partial charge in [0.25, 0.3) is 0 Å². The van der Waals surface area contributed by atoms with Crippen LogP contribution in [0.25, 0.3) is 15.9 Å². The Hall–Kier alpha value is -2.67. The molecular formula is C20H21N5OS. The maximum Gasteiger partial charge on any atom is 0.231 e. The third-order valence-electron chi connectivity index (χ3n) is 5.07. The molecule has 6 nitrogen and oxygen atoms in total. The van der Waals surface area contributed by atoms with E-state index in [1.807, 2.05) is 18.3 Å². The van der Waals surface area contributed by atoms with Crippen LogP contribution in [0.3, 0.4) is 0 Å². The Morgan fingerprint density at radius 3 is 3.11 bits per heavy atom. The van der Waals surface area contributed by atoms with Crippen LogP contribution < -0.4 is 9.64 Å². The molecule has 0 radical (unpaired) electrons. The average Bonchev–Trinajstić information content (AvgIpc) is 3.38. The van der Waals surface area contributed by atoms with Gasteiger partial charge in [0, 0.05) is 37.5 Å². The molecule has 1 aliphatic rings. The Bertz CT molecular complexity index is 1120. The van der Waals surface area contributed by atoms with Gasteiger partial charge in [0.05, 0.1) is 16.8 Å². The molecule has 0 bridgehead atoms. The molecule has 27 heavy (non-hydrogen) atoms. The van der Waals surface area contributed by atoms with Crippen molar-refractivity contribution in [1.82, 2.24) is 19.6 Å². The summed E-state index contributed by atoms with van der Waals surface area (Å²) in [5, 5.41) is 5.55. The normalized spacial score (nSPS) is 17.3. The first kappa shape index (κ1) is 16.5. The van der Waals surface area contributed by atoms with Gasteiger partial charge in [-0.2, -0.15) is 0 Å². The van der Waals surface area contributed by atoms with E-state index in [4.69, 9.17) is 9.72 Å². The smallest absolute Gasteiger partial charge is 0.231 e. The highest BCUT2D eigenvalue weighted by Crippen LogP contribution is 2.34. The topological polar surface area (TPSA) is 55.5 Å². The minimum absolute atomic E-state index is 0.486. The Labute approximate surface area is 161 Å². The van der Waals surface area contributed by atoms with Gasteiger partial charge in [0.15, 0.2) is 10.8 Å². The summed E-state index contributed by atoms with van der Waals surface area (Å²) in [7, 11) is 0. The van der Waals surface area contributed by atoms with E-state index < -0.39 is 0 Å². The lowest BCUT2D eigenvalue weighted by Gasteiger charge is -2.15. The standard InChI is InChI=1S/C20H21N5OS/c1-13-9-14(2)19-16(10-13)27-20(22-19)24-7-5-15(11-24)12-26-18-4-3-17-21-6-8-25(17)23-18/h3-4,6,8-10,15H,5,7,11-12H2,1-2H3. The molecule has 1 unspecified atom stereocenters. The van der Waals surface area contributed by atoms with E-state index >= 15 is 0 Å². The number of hydrogen-bond acceptors (Lipinski definition) is 6. The second kappa shape index (κ2) is 6.49. The molecule has 0 aliphatic carbocycles. The van der Waals surface area contributed by atoms with Gasteiger partial charge < -0.3 is 9.64 Å². The number of hydrogen-bond donors (Lipinski definition) is 0. The van der Waals surface area contributed by atoms with Crippen LogP contribution in [0.1, 0.15) is 17.5 Å². The van der Waals surface area contributed by atoms with E-state index in [2.05, 4.69) is 41.0 Å². The number of fused-ring (bicyclic) bond motifs is 2. The second-order valence-corrected chi connectivity index (χ2v) is 8.25. The average molecular weight is 379 g/mol. The van der Waals surface area contributed by atoms with Crippen LogP contribution in [-0.4, -0.2) is 39.3 Å². The monoisotopic (exact) mass is 379 g/mol. The Balaban J connectivity index is 1.26. The number of thiazole rings is 1. The molecule has 1 aromatic carbocycles. The van der Waals surface area contributed by atoms with E-state index in [0.717, 1.165) is 35.8 Å². The lowest BCUT2D eigenvalue weighted by atomic mass is 10.1. The summed E-state index contributed by atoms with van der Waals surface area (Å²) in [6, 6.07) is 8.25. The molecule has 1 saturated heterocycles. The quantitative estimate of drug-likeness (QED) is 0.539. The third-order valence-corrected chi connectivity index (χ3v) is 6.14. The number of benzene rings is 1. The molecule has 5 rings (SSSR count). The first-order chi connectivity index (χ1) is 13.2. The molecule has 7 heteroatoms. The fraction of sp³-hybridized carbons (Fsp3) is 0.350. The number of ether oxygens (including phenoxy) is 1. The van der Waals surface area contributed by atoms with Gasteiger partial charge in [-0.1, -0.05) is 17.4 Å². The van der Waals surface area contributed by atoms with E-state index in [9.17, 15) is 0 Å². The fourth-order valence-corrected chi connectivity index (χ4v) is 4.89. The molecular weight excluding hydrogens is 358 g/mol. The van der Waals surface area contributed by atoms with Crippen molar-refractivity contribution in [3.63, 3.8) is 0 Å². The fourth-order valence-electron chi connectivity index (χ4n) is 3.71. The molecule has 0 saturated carbocycles. The highest BCUT2D eigenvalue weighted by Gasteiger charge is 2.26. The van der Waals surface area contributed by atoms with E-state index in [1.165, 1.54) is 15.8 Å². The number of imidazole rings is 1. The summed E-state index contributed by atoms with van der Waals surface area (Å²) >= 11 is 1.79. The van der Waals surface area contributed by atoms with Gasteiger partial charge in [0.1, 0.15) is 0 Å². The Morgan fingerprint density at radius 1 is 1.26 bits per heavy atom. The summed E-state index contributed by atoms with van der Waals surface area (Å²) in [5.74, 6) is 1.13. The molecule has 4 heterocycles. The molecule has 0 N–H and O–H groups in total. The molecule has 3 aromatic heterocycles. The van der Waals surface area contributed by atoms with Gasteiger partial charge in [0.2, 0.25) is 5.88 Å². The van der Waals surface area contributed by atoms with Crippen LogP contribution in [0.5, 0.6) is 5.88 Å². The Morgan fingerprint density at radius 2 is 2.19 bits per heavy atom. The van der Waals surface area contributed by atoms with E-state index in [-0.39, 0.29) is 0 Å². The van der Waals surface area contributed by atoms with Crippen LogP contribution in [0.4, 0.5) is 5.13 Å². The Kier molecular flexibility index (Phi) is 3.97. The van der Waals surface area contributed by atoms with Crippen LogP contribution in [0.2, 0.25) is 0 Å². The molecule has 138 valence electrons. The zero-order chi connectivity index (χ0) is 18.4. The van der Waals surface area contributed by atoms with Crippen LogP contribution >= 0.6 is 11.3 Å². The van der Waals surface area contributed by atoms with Crippen LogP contribution in [0, 0.1) is 19.8 Å². The summed E-state index contributed by atoms with van der Waals surface area (Å²) in [4.78, 5) is 11.5. The maximum absolute atomic E-state index is 5.94. The number of aryl methyl sites for hydroxylation is 2.